The van der Waals surface area contributed by atoms with E-state index in [9.17, 15) is 4.39 Å². The molecule has 2 aromatic carbocycles. The van der Waals surface area contributed by atoms with Crippen LogP contribution in [0.15, 0.2) is 54.9 Å². The highest BCUT2D eigenvalue weighted by Crippen LogP contribution is 2.20. The monoisotopic (exact) mass is 363 g/mol. The standard InChI is InChI=1S/C18H16Cl2FN3/c19-15-7-13(8-16(20)9-15)12-24-6-5-23-18(24)11-22-10-14-3-1-2-4-17(14)21/h1-9,22H,10-12H2. The average Bonchev–Trinajstić information content (AvgIpc) is 2.95. The highest BCUT2D eigenvalue weighted by molar-refractivity contribution is 6.34. The van der Waals surface area contributed by atoms with E-state index < -0.39 is 0 Å². The van der Waals surface area contributed by atoms with Crippen molar-refractivity contribution >= 4 is 23.2 Å². The Hall–Kier alpha value is -1.88. The van der Waals surface area contributed by atoms with E-state index >= 15 is 0 Å². The molecule has 3 aromatic rings. The molecule has 1 heterocycles. The molecule has 1 N–H and O–H groups in total. The predicted molar refractivity (Wildman–Crippen MR) is 94.7 cm³/mol. The fourth-order valence-electron chi connectivity index (χ4n) is 2.50. The van der Waals surface area contributed by atoms with Crippen LogP contribution in [0.2, 0.25) is 10.0 Å². The zero-order valence-corrected chi connectivity index (χ0v) is 14.4. The SMILES string of the molecule is Fc1ccccc1CNCc1nccn1Cc1cc(Cl)cc(Cl)c1. The second-order valence-corrected chi connectivity index (χ2v) is 6.32. The predicted octanol–water partition coefficient (Wildman–Crippen LogP) is 4.67. The second-order valence-electron chi connectivity index (χ2n) is 5.44. The van der Waals surface area contributed by atoms with Crippen LogP contribution in [-0.4, -0.2) is 9.55 Å². The molecule has 6 heteroatoms. The maximum absolute atomic E-state index is 13.6. The molecule has 0 atom stereocenters. The summed E-state index contributed by atoms with van der Waals surface area (Å²) in [5.41, 5.74) is 1.64. The molecular formula is C18H16Cl2FN3. The van der Waals surface area contributed by atoms with Crippen molar-refractivity contribution < 1.29 is 4.39 Å². The topological polar surface area (TPSA) is 29.9 Å². The van der Waals surface area contributed by atoms with Crippen molar-refractivity contribution in [3.8, 4) is 0 Å². The van der Waals surface area contributed by atoms with Gasteiger partial charge in [-0.15, -0.1) is 0 Å². The molecule has 0 aliphatic rings. The van der Waals surface area contributed by atoms with Gasteiger partial charge in [0.2, 0.25) is 0 Å². The summed E-state index contributed by atoms with van der Waals surface area (Å²) < 4.78 is 15.6. The van der Waals surface area contributed by atoms with Crippen molar-refractivity contribution in [1.29, 1.82) is 0 Å². The van der Waals surface area contributed by atoms with Gasteiger partial charge in [0.25, 0.3) is 0 Å². The number of benzene rings is 2. The number of hydrogen-bond acceptors (Lipinski definition) is 2. The van der Waals surface area contributed by atoms with Crippen molar-refractivity contribution in [2.75, 3.05) is 0 Å². The molecule has 0 bridgehead atoms. The molecule has 0 spiro atoms. The van der Waals surface area contributed by atoms with E-state index in [1.54, 1.807) is 24.4 Å². The average molecular weight is 364 g/mol. The first-order chi connectivity index (χ1) is 11.6. The summed E-state index contributed by atoms with van der Waals surface area (Å²) in [6, 6.07) is 12.2. The molecule has 24 heavy (non-hydrogen) atoms. The van der Waals surface area contributed by atoms with Gasteiger partial charge in [-0.05, 0) is 29.8 Å². The van der Waals surface area contributed by atoms with E-state index in [2.05, 4.69) is 10.3 Å². The number of aromatic nitrogens is 2. The molecule has 3 nitrogen and oxygen atoms in total. The first kappa shape index (κ1) is 17.0. The van der Waals surface area contributed by atoms with Crippen molar-refractivity contribution in [3.05, 3.63) is 87.7 Å². The number of hydrogen-bond donors (Lipinski definition) is 1. The Labute approximate surface area is 150 Å². The minimum atomic E-state index is -0.207. The smallest absolute Gasteiger partial charge is 0.127 e. The minimum absolute atomic E-state index is 0.207. The lowest BCUT2D eigenvalue weighted by molar-refractivity contribution is 0.574. The van der Waals surface area contributed by atoms with E-state index in [4.69, 9.17) is 23.2 Å². The van der Waals surface area contributed by atoms with Crippen LogP contribution in [0.5, 0.6) is 0 Å². The van der Waals surface area contributed by atoms with Crippen LogP contribution in [-0.2, 0) is 19.6 Å². The molecule has 0 aliphatic carbocycles. The third-order valence-corrected chi connectivity index (χ3v) is 4.07. The summed E-state index contributed by atoms with van der Waals surface area (Å²) in [6.07, 6.45) is 3.64. The van der Waals surface area contributed by atoms with Crippen LogP contribution in [0.3, 0.4) is 0 Å². The number of nitrogens with zero attached hydrogens (tertiary/aromatic N) is 2. The van der Waals surface area contributed by atoms with Crippen LogP contribution < -0.4 is 5.32 Å². The van der Waals surface area contributed by atoms with Gasteiger partial charge in [0.15, 0.2) is 0 Å². The van der Waals surface area contributed by atoms with Gasteiger partial charge in [-0.2, -0.15) is 0 Å². The summed E-state index contributed by atoms with van der Waals surface area (Å²) in [6.45, 7) is 1.61. The van der Waals surface area contributed by atoms with Gasteiger partial charge in [0.1, 0.15) is 11.6 Å². The van der Waals surface area contributed by atoms with Crippen molar-refractivity contribution in [2.24, 2.45) is 0 Å². The van der Waals surface area contributed by atoms with Gasteiger partial charge in [0.05, 0.1) is 6.54 Å². The summed E-state index contributed by atoms with van der Waals surface area (Å²) >= 11 is 12.1. The molecule has 0 radical (unpaired) electrons. The molecule has 0 aliphatic heterocycles. The van der Waals surface area contributed by atoms with E-state index in [1.165, 1.54) is 6.07 Å². The molecule has 1 aromatic heterocycles. The van der Waals surface area contributed by atoms with Crippen LogP contribution in [0.1, 0.15) is 17.0 Å². The van der Waals surface area contributed by atoms with Crippen LogP contribution in [0, 0.1) is 5.82 Å². The highest BCUT2D eigenvalue weighted by Gasteiger charge is 2.06. The van der Waals surface area contributed by atoms with E-state index in [-0.39, 0.29) is 5.82 Å². The van der Waals surface area contributed by atoms with Gasteiger partial charge in [-0.3, -0.25) is 0 Å². The first-order valence-corrected chi connectivity index (χ1v) is 8.26. The molecule has 0 fully saturated rings. The maximum Gasteiger partial charge on any atom is 0.127 e. The number of halogens is 3. The summed E-state index contributed by atoms with van der Waals surface area (Å²) in [7, 11) is 0. The number of rotatable bonds is 6. The Morgan fingerprint density at radius 2 is 1.79 bits per heavy atom. The molecular weight excluding hydrogens is 348 g/mol. The lowest BCUT2D eigenvalue weighted by Gasteiger charge is -2.10. The van der Waals surface area contributed by atoms with E-state index in [0.717, 1.165) is 11.4 Å². The first-order valence-electron chi connectivity index (χ1n) is 7.51. The Bertz CT molecular complexity index is 812. The summed E-state index contributed by atoms with van der Waals surface area (Å²) in [4.78, 5) is 4.35. The number of nitrogens with one attached hydrogen (secondary N) is 1. The van der Waals surface area contributed by atoms with E-state index in [0.29, 0.717) is 35.2 Å². The Balaban J connectivity index is 1.64. The van der Waals surface area contributed by atoms with Gasteiger partial charge in [-0.25, -0.2) is 9.37 Å². The largest absolute Gasteiger partial charge is 0.329 e. The van der Waals surface area contributed by atoms with Crippen LogP contribution in [0.4, 0.5) is 4.39 Å². The summed E-state index contributed by atoms with van der Waals surface area (Å²) in [5, 5.41) is 4.43. The lowest BCUT2D eigenvalue weighted by Crippen LogP contribution is -2.17. The fourth-order valence-corrected chi connectivity index (χ4v) is 3.07. The summed E-state index contributed by atoms with van der Waals surface area (Å²) in [5.74, 6) is 0.657. The van der Waals surface area contributed by atoms with Gasteiger partial charge in [0, 0.05) is 41.1 Å². The molecule has 0 amide bonds. The zero-order chi connectivity index (χ0) is 16.9. The third kappa shape index (κ3) is 4.35. The van der Waals surface area contributed by atoms with Gasteiger partial charge in [-0.1, -0.05) is 41.4 Å². The van der Waals surface area contributed by atoms with Gasteiger partial charge < -0.3 is 9.88 Å². The molecule has 0 saturated carbocycles. The lowest BCUT2D eigenvalue weighted by atomic mass is 10.2. The molecule has 124 valence electrons. The highest BCUT2D eigenvalue weighted by atomic mass is 35.5. The molecule has 0 saturated heterocycles. The van der Waals surface area contributed by atoms with Gasteiger partial charge >= 0.3 is 0 Å². The normalized spacial score (nSPS) is 11.0. The quantitative estimate of drug-likeness (QED) is 0.689. The van der Waals surface area contributed by atoms with Crippen molar-refractivity contribution in [2.45, 2.75) is 19.6 Å². The second kappa shape index (κ2) is 7.79. The molecule has 3 rings (SSSR count). The zero-order valence-electron chi connectivity index (χ0n) is 12.8. The Kier molecular flexibility index (Phi) is 5.51. The van der Waals surface area contributed by atoms with Crippen LogP contribution in [0.25, 0.3) is 0 Å². The third-order valence-electron chi connectivity index (χ3n) is 3.63. The maximum atomic E-state index is 13.6. The molecule has 0 unspecified atom stereocenters. The Morgan fingerprint density at radius 1 is 1.04 bits per heavy atom. The fraction of sp³-hybridized carbons (Fsp3) is 0.167. The Morgan fingerprint density at radius 3 is 2.54 bits per heavy atom. The van der Waals surface area contributed by atoms with Crippen molar-refractivity contribution in [3.63, 3.8) is 0 Å². The number of imidazole rings is 1. The van der Waals surface area contributed by atoms with Crippen molar-refractivity contribution in [1.82, 2.24) is 14.9 Å². The van der Waals surface area contributed by atoms with Crippen LogP contribution >= 0.6 is 23.2 Å². The van der Waals surface area contributed by atoms with E-state index in [1.807, 2.05) is 29.0 Å². The minimum Gasteiger partial charge on any atom is -0.329 e.